The van der Waals surface area contributed by atoms with Gasteiger partial charge in [-0.3, -0.25) is 0 Å². The van der Waals surface area contributed by atoms with Gasteiger partial charge in [0, 0.05) is 0 Å². The van der Waals surface area contributed by atoms with E-state index in [4.69, 9.17) is 9.47 Å². The zero-order chi connectivity index (χ0) is 16.8. The molecule has 0 spiro atoms. The third-order valence-electron chi connectivity index (χ3n) is 3.33. The highest BCUT2D eigenvalue weighted by Gasteiger charge is 2.08. The fraction of sp³-hybridized carbons (Fsp3) is 0.0500. The first kappa shape index (κ1) is 15.7. The number of esters is 1. The van der Waals surface area contributed by atoms with Gasteiger partial charge in [0.1, 0.15) is 23.9 Å². The number of hydrogen-bond acceptors (Lipinski definition) is 3. The van der Waals surface area contributed by atoms with Crippen molar-refractivity contribution in [1.29, 1.82) is 0 Å². The third kappa shape index (κ3) is 4.20. The lowest BCUT2D eigenvalue weighted by atomic mass is 10.2. The molecule has 0 amide bonds. The first-order valence-electron chi connectivity index (χ1n) is 7.45. The van der Waals surface area contributed by atoms with Crippen molar-refractivity contribution in [3.05, 3.63) is 95.8 Å². The lowest BCUT2D eigenvalue weighted by Crippen LogP contribution is -2.05. The Bertz CT molecular complexity index is 814. The van der Waals surface area contributed by atoms with Crippen LogP contribution in [0.15, 0.2) is 78.9 Å². The highest BCUT2D eigenvalue weighted by atomic mass is 19.1. The maximum Gasteiger partial charge on any atom is 0.338 e. The molecule has 0 unspecified atom stereocenters. The van der Waals surface area contributed by atoms with Crippen molar-refractivity contribution in [3.8, 4) is 11.5 Å². The van der Waals surface area contributed by atoms with Crippen molar-refractivity contribution >= 4 is 5.97 Å². The van der Waals surface area contributed by atoms with Crippen LogP contribution in [-0.2, 0) is 11.3 Å². The zero-order valence-electron chi connectivity index (χ0n) is 12.8. The van der Waals surface area contributed by atoms with Gasteiger partial charge in [0.2, 0.25) is 0 Å². The summed E-state index contributed by atoms with van der Waals surface area (Å²) in [6.07, 6.45) is 0. The molecule has 24 heavy (non-hydrogen) atoms. The van der Waals surface area contributed by atoms with Crippen LogP contribution in [0.25, 0.3) is 0 Å². The Morgan fingerprint density at radius 2 is 1.54 bits per heavy atom. The van der Waals surface area contributed by atoms with Crippen LogP contribution in [0.1, 0.15) is 15.9 Å². The Morgan fingerprint density at radius 1 is 0.833 bits per heavy atom. The molecule has 0 fully saturated rings. The Labute approximate surface area is 139 Å². The number of para-hydroxylation sites is 1. The second kappa shape index (κ2) is 7.42. The summed E-state index contributed by atoms with van der Waals surface area (Å²) in [4.78, 5) is 11.9. The van der Waals surface area contributed by atoms with Crippen LogP contribution in [0.4, 0.5) is 4.39 Å². The van der Waals surface area contributed by atoms with Crippen LogP contribution >= 0.6 is 0 Å². The van der Waals surface area contributed by atoms with E-state index in [2.05, 4.69) is 0 Å². The molecule has 0 heterocycles. The van der Waals surface area contributed by atoms with Crippen LogP contribution in [-0.4, -0.2) is 5.97 Å². The Morgan fingerprint density at radius 3 is 2.29 bits per heavy atom. The summed E-state index contributed by atoms with van der Waals surface area (Å²) in [5.41, 5.74) is 1.12. The summed E-state index contributed by atoms with van der Waals surface area (Å²) in [6, 6.07) is 22.0. The van der Waals surface area contributed by atoms with Crippen molar-refractivity contribution < 1.29 is 18.7 Å². The molecule has 3 rings (SSSR count). The molecule has 3 aromatic rings. The Hall–Kier alpha value is -3.14. The monoisotopic (exact) mass is 322 g/mol. The van der Waals surface area contributed by atoms with Gasteiger partial charge < -0.3 is 9.47 Å². The van der Waals surface area contributed by atoms with E-state index in [9.17, 15) is 9.18 Å². The third-order valence-corrected chi connectivity index (χ3v) is 3.33. The molecule has 0 bridgehead atoms. The molecule has 0 saturated heterocycles. The normalized spacial score (nSPS) is 10.2. The molecule has 3 nitrogen and oxygen atoms in total. The lowest BCUT2D eigenvalue weighted by molar-refractivity contribution is 0.0472. The van der Waals surface area contributed by atoms with E-state index in [1.807, 2.05) is 54.6 Å². The molecule has 120 valence electrons. The van der Waals surface area contributed by atoms with Crippen molar-refractivity contribution in [1.82, 2.24) is 0 Å². The van der Waals surface area contributed by atoms with Crippen LogP contribution in [0.3, 0.4) is 0 Å². The van der Waals surface area contributed by atoms with Gasteiger partial charge in [0.25, 0.3) is 0 Å². The van der Waals surface area contributed by atoms with Gasteiger partial charge in [-0.05, 0) is 54.1 Å². The molecule has 0 radical (unpaired) electrons. The topological polar surface area (TPSA) is 35.5 Å². The van der Waals surface area contributed by atoms with Crippen molar-refractivity contribution in [2.75, 3.05) is 0 Å². The minimum absolute atomic E-state index is 0.113. The number of carbonyl (C=O) groups is 1. The average Bonchev–Trinajstić information content (AvgIpc) is 2.61. The fourth-order valence-corrected chi connectivity index (χ4v) is 2.14. The molecule has 0 aliphatic heterocycles. The zero-order valence-corrected chi connectivity index (χ0v) is 12.8. The molecule has 0 saturated carbocycles. The fourth-order valence-electron chi connectivity index (χ4n) is 2.14. The maximum absolute atomic E-state index is 12.9. The second-order valence-corrected chi connectivity index (χ2v) is 5.15. The number of benzene rings is 3. The highest BCUT2D eigenvalue weighted by Crippen LogP contribution is 2.22. The van der Waals surface area contributed by atoms with E-state index in [0.29, 0.717) is 11.3 Å². The van der Waals surface area contributed by atoms with E-state index in [1.54, 1.807) is 0 Å². The van der Waals surface area contributed by atoms with Crippen molar-refractivity contribution in [2.45, 2.75) is 6.61 Å². The number of carbonyl (C=O) groups excluding carboxylic acids is 1. The first-order valence-corrected chi connectivity index (χ1v) is 7.45. The molecule has 0 N–H and O–H groups in total. The highest BCUT2D eigenvalue weighted by molar-refractivity contribution is 5.89. The summed E-state index contributed by atoms with van der Waals surface area (Å²) < 4.78 is 23.8. The van der Waals surface area contributed by atoms with E-state index >= 15 is 0 Å². The lowest BCUT2D eigenvalue weighted by Gasteiger charge is -2.08. The summed E-state index contributed by atoms with van der Waals surface area (Å²) in [6.45, 7) is 0.113. The van der Waals surface area contributed by atoms with Crippen LogP contribution in [0.5, 0.6) is 11.5 Å². The van der Waals surface area contributed by atoms with Crippen LogP contribution in [0, 0.1) is 5.82 Å². The van der Waals surface area contributed by atoms with Crippen molar-refractivity contribution in [3.63, 3.8) is 0 Å². The van der Waals surface area contributed by atoms with Gasteiger partial charge in [-0.15, -0.1) is 0 Å². The molecule has 0 atom stereocenters. The predicted molar refractivity (Wildman–Crippen MR) is 88.5 cm³/mol. The van der Waals surface area contributed by atoms with Gasteiger partial charge in [-0.2, -0.15) is 0 Å². The molecule has 0 aliphatic carbocycles. The molecule has 3 aromatic carbocycles. The van der Waals surface area contributed by atoms with Crippen LogP contribution in [0.2, 0.25) is 0 Å². The molecule has 0 aromatic heterocycles. The largest absolute Gasteiger partial charge is 0.457 e. The van der Waals surface area contributed by atoms with E-state index < -0.39 is 11.8 Å². The minimum Gasteiger partial charge on any atom is -0.457 e. The van der Waals surface area contributed by atoms with Gasteiger partial charge >= 0.3 is 5.97 Å². The summed E-state index contributed by atoms with van der Waals surface area (Å²) >= 11 is 0. The standard InChI is InChI=1S/C20H15FO3/c21-17-11-9-16(10-12-17)20(22)23-14-15-5-4-8-19(13-15)24-18-6-2-1-3-7-18/h1-13H,14H2. The van der Waals surface area contributed by atoms with Crippen LogP contribution < -0.4 is 4.74 Å². The number of rotatable bonds is 5. The van der Waals surface area contributed by atoms with E-state index in [-0.39, 0.29) is 6.61 Å². The maximum atomic E-state index is 12.9. The molecule has 0 aliphatic rings. The summed E-state index contributed by atoms with van der Waals surface area (Å²) in [5.74, 6) is 0.510. The van der Waals surface area contributed by atoms with Gasteiger partial charge in [0.15, 0.2) is 0 Å². The number of ether oxygens (including phenoxy) is 2. The average molecular weight is 322 g/mol. The van der Waals surface area contributed by atoms with E-state index in [0.717, 1.165) is 11.3 Å². The Kier molecular flexibility index (Phi) is 4.87. The number of halogens is 1. The quantitative estimate of drug-likeness (QED) is 0.622. The van der Waals surface area contributed by atoms with Gasteiger partial charge in [-0.1, -0.05) is 30.3 Å². The molecule has 4 heteroatoms. The van der Waals surface area contributed by atoms with Crippen molar-refractivity contribution in [2.24, 2.45) is 0 Å². The molecular weight excluding hydrogens is 307 g/mol. The molecular formula is C20H15FO3. The van der Waals surface area contributed by atoms with Gasteiger partial charge in [-0.25, -0.2) is 9.18 Å². The number of hydrogen-bond donors (Lipinski definition) is 0. The Balaban J connectivity index is 1.62. The smallest absolute Gasteiger partial charge is 0.338 e. The first-order chi connectivity index (χ1) is 11.7. The SMILES string of the molecule is O=C(OCc1cccc(Oc2ccccc2)c1)c1ccc(F)cc1. The summed E-state index contributed by atoms with van der Waals surface area (Å²) in [7, 11) is 0. The summed E-state index contributed by atoms with van der Waals surface area (Å²) in [5, 5.41) is 0. The van der Waals surface area contributed by atoms with Gasteiger partial charge in [0.05, 0.1) is 5.56 Å². The predicted octanol–water partition coefficient (Wildman–Crippen LogP) is 4.98. The van der Waals surface area contributed by atoms with E-state index in [1.165, 1.54) is 24.3 Å². The minimum atomic E-state index is -0.496. The second-order valence-electron chi connectivity index (χ2n) is 5.15.